The summed E-state index contributed by atoms with van der Waals surface area (Å²) in [5.74, 6) is -0.267. The van der Waals surface area contributed by atoms with Crippen LogP contribution in [0, 0.1) is 5.82 Å². The molecule has 0 radical (unpaired) electrons. The lowest BCUT2D eigenvalue weighted by Crippen LogP contribution is -2.03. The zero-order valence-corrected chi connectivity index (χ0v) is 11.5. The summed E-state index contributed by atoms with van der Waals surface area (Å²) in [6.07, 6.45) is 3.20. The average molecular weight is 278 g/mol. The highest BCUT2D eigenvalue weighted by Crippen LogP contribution is 2.22. The van der Waals surface area contributed by atoms with Gasteiger partial charge in [-0.3, -0.25) is 0 Å². The van der Waals surface area contributed by atoms with E-state index in [1.807, 2.05) is 6.07 Å². The molecule has 0 bridgehead atoms. The number of hydrogen-bond donors (Lipinski definition) is 1. The molecule has 2 rings (SSSR count). The van der Waals surface area contributed by atoms with Crippen molar-refractivity contribution in [3.8, 4) is 0 Å². The molecule has 3 heteroatoms. The zero-order chi connectivity index (χ0) is 13.5. The number of unbranched alkanes of at least 4 members (excludes halogenated alkanes) is 1. The number of aryl methyl sites for hydroxylation is 1. The molecule has 0 aliphatic rings. The molecule has 1 N–H and O–H groups in total. The summed E-state index contributed by atoms with van der Waals surface area (Å²) in [5, 5.41) is 3.73. The van der Waals surface area contributed by atoms with Crippen LogP contribution < -0.4 is 5.32 Å². The molecule has 2 aromatic rings. The third kappa shape index (κ3) is 4.56. The molecule has 0 aromatic heterocycles. The van der Waals surface area contributed by atoms with Crippen LogP contribution in [0.25, 0.3) is 0 Å². The summed E-state index contributed by atoms with van der Waals surface area (Å²) >= 11 is 5.98. The molecule has 0 amide bonds. The van der Waals surface area contributed by atoms with Gasteiger partial charge in [-0.25, -0.2) is 4.39 Å². The lowest BCUT2D eigenvalue weighted by molar-refractivity contribution is 0.628. The van der Waals surface area contributed by atoms with Gasteiger partial charge in [0.1, 0.15) is 5.82 Å². The topological polar surface area (TPSA) is 12.0 Å². The number of anilines is 1. The van der Waals surface area contributed by atoms with Gasteiger partial charge < -0.3 is 5.32 Å². The van der Waals surface area contributed by atoms with E-state index in [9.17, 15) is 4.39 Å². The quantitative estimate of drug-likeness (QED) is 0.740. The Morgan fingerprint density at radius 1 is 1.00 bits per heavy atom. The van der Waals surface area contributed by atoms with Crippen LogP contribution in [0.2, 0.25) is 5.02 Å². The number of benzene rings is 2. The second-order valence-corrected chi connectivity index (χ2v) is 4.90. The molecule has 100 valence electrons. The van der Waals surface area contributed by atoms with Crippen molar-refractivity contribution in [3.05, 3.63) is 64.9 Å². The van der Waals surface area contributed by atoms with Gasteiger partial charge in [0.05, 0.1) is 10.7 Å². The highest BCUT2D eigenvalue weighted by molar-refractivity contribution is 6.33. The molecule has 0 saturated heterocycles. The minimum Gasteiger partial charge on any atom is -0.384 e. The van der Waals surface area contributed by atoms with Crippen LogP contribution in [-0.2, 0) is 6.42 Å². The summed E-state index contributed by atoms with van der Waals surface area (Å²) in [4.78, 5) is 0. The Bertz CT molecular complexity index is 513. The summed E-state index contributed by atoms with van der Waals surface area (Å²) in [5.41, 5.74) is 2.02. The van der Waals surface area contributed by atoms with Crippen LogP contribution in [0.5, 0.6) is 0 Å². The van der Waals surface area contributed by atoms with Gasteiger partial charge in [0.25, 0.3) is 0 Å². The molecule has 19 heavy (non-hydrogen) atoms. The smallest absolute Gasteiger partial charge is 0.125 e. The van der Waals surface area contributed by atoms with E-state index in [0.29, 0.717) is 10.7 Å². The Labute approximate surface area is 118 Å². The van der Waals surface area contributed by atoms with Crippen molar-refractivity contribution in [1.29, 1.82) is 0 Å². The van der Waals surface area contributed by atoms with Crippen LogP contribution >= 0.6 is 11.6 Å². The van der Waals surface area contributed by atoms with Crippen LogP contribution in [0.1, 0.15) is 18.4 Å². The average Bonchev–Trinajstić information content (AvgIpc) is 2.43. The first-order valence-electron chi connectivity index (χ1n) is 6.48. The Morgan fingerprint density at radius 3 is 2.58 bits per heavy atom. The molecule has 2 aromatic carbocycles. The minimum absolute atomic E-state index is 0.267. The third-order valence-corrected chi connectivity index (χ3v) is 3.31. The van der Waals surface area contributed by atoms with Crippen LogP contribution in [0.4, 0.5) is 10.1 Å². The second-order valence-electron chi connectivity index (χ2n) is 4.49. The molecule has 0 fully saturated rings. The van der Waals surface area contributed by atoms with E-state index < -0.39 is 0 Å². The van der Waals surface area contributed by atoms with Crippen LogP contribution in [-0.4, -0.2) is 6.54 Å². The van der Waals surface area contributed by atoms with Crippen molar-refractivity contribution < 1.29 is 4.39 Å². The van der Waals surface area contributed by atoms with Gasteiger partial charge in [-0.05, 0) is 43.0 Å². The monoisotopic (exact) mass is 277 g/mol. The number of halogens is 2. The SMILES string of the molecule is Fc1ccc(Cl)c(NCCCCc2ccccc2)c1. The first kappa shape index (κ1) is 13.9. The Balaban J connectivity index is 1.71. The molecule has 0 aliphatic carbocycles. The predicted octanol–water partition coefficient (Wildman–Crippen LogP) is 4.91. The molecule has 0 spiro atoms. The van der Waals surface area contributed by atoms with Crippen molar-refractivity contribution >= 4 is 17.3 Å². The van der Waals surface area contributed by atoms with E-state index in [4.69, 9.17) is 11.6 Å². The van der Waals surface area contributed by atoms with Crippen LogP contribution in [0.15, 0.2) is 48.5 Å². The fourth-order valence-corrected chi connectivity index (χ4v) is 2.14. The lowest BCUT2D eigenvalue weighted by Gasteiger charge is -2.08. The van der Waals surface area contributed by atoms with E-state index in [0.717, 1.165) is 25.8 Å². The molecule has 0 atom stereocenters. The number of hydrogen-bond acceptors (Lipinski definition) is 1. The van der Waals surface area contributed by atoms with Gasteiger partial charge in [-0.15, -0.1) is 0 Å². The molecule has 1 nitrogen and oxygen atoms in total. The van der Waals surface area contributed by atoms with Crippen molar-refractivity contribution in [1.82, 2.24) is 0 Å². The first-order valence-corrected chi connectivity index (χ1v) is 6.86. The molecular formula is C16H17ClFN. The molecule has 0 saturated carbocycles. The maximum absolute atomic E-state index is 13.0. The third-order valence-electron chi connectivity index (χ3n) is 2.98. The zero-order valence-electron chi connectivity index (χ0n) is 10.7. The van der Waals surface area contributed by atoms with Crippen molar-refractivity contribution in [2.24, 2.45) is 0 Å². The highest BCUT2D eigenvalue weighted by Gasteiger charge is 2.01. The summed E-state index contributed by atoms with van der Waals surface area (Å²) in [7, 11) is 0. The Morgan fingerprint density at radius 2 is 1.79 bits per heavy atom. The van der Waals surface area contributed by atoms with E-state index in [2.05, 4.69) is 29.6 Å². The normalized spacial score (nSPS) is 10.4. The van der Waals surface area contributed by atoms with Gasteiger partial charge >= 0.3 is 0 Å². The predicted molar refractivity (Wildman–Crippen MR) is 79.3 cm³/mol. The van der Waals surface area contributed by atoms with Gasteiger partial charge in [-0.2, -0.15) is 0 Å². The van der Waals surface area contributed by atoms with E-state index >= 15 is 0 Å². The molecule has 0 aliphatic heterocycles. The fourth-order valence-electron chi connectivity index (χ4n) is 1.95. The van der Waals surface area contributed by atoms with Gasteiger partial charge in [-0.1, -0.05) is 41.9 Å². The maximum atomic E-state index is 13.0. The van der Waals surface area contributed by atoms with Crippen molar-refractivity contribution in [3.63, 3.8) is 0 Å². The minimum atomic E-state index is -0.267. The maximum Gasteiger partial charge on any atom is 0.125 e. The van der Waals surface area contributed by atoms with Gasteiger partial charge in [0, 0.05) is 6.54 Å². The van der Waals surface area contributed by atoms with Crippen molar-refractivity contribution in [2.45, 2.75) is 19.3 Å². The molecule has 0 heterocycles. The highest BCUT2D eigenvalue weighted by atomic mass is 35.5. The van der Waals surface area contributed by atoms with Crippen LogP contribution in [0.3, 0.4) is 0 Å². The number of nitrogens with one attached hydrogen (secondary N) is 1. The second kappa shape index (κ2) is 7.15. The Hall–Kier alpha value is -1.54. The molecule has 0 unspecified atom stereocenters. The van der Waals surface area contributed by atoms with Gasteiger partial charge in [0.2, 0.25) is 0 Å². The van der Waals surface area contributed by atoms with E-state index in [1.54, 1.807) is 6.07 Å². The van der Waals surface area contributed by atoms with Crippen molar-refractivity contribution in [2.75, 3.05) is 11.9 Å². The fraction of sp³-hybridized carbons (Fsp3) is 0.250. The lowest BCUT2D eigenvalue weighted by atomic mass is 10.1. The summed E-state index contributed by atoms with van der Waals surface area (Å²) in [6, 6.07) is 14.8. The largest absolute Gasteiger partial charge is 0.384 e. The number of rotatable bonds is 6. The van der Waals surface area contributed by atoms with Gasteiger partial charge in [0.15, 0.2) is 0 Å². The standard InChI is InChI=1S/C16H17ClFN/c17-15-10-9-14(18)12-16(15)19-11-5-4-8-13-6-2-1-3-7-13/h1-3,6-7,9-10,12,19H,4-5,8,11H2. The Kier molecular flexibility index (Phi) is 5.22. The van der Waals surface area contributed by atoms with E-state index in [1.165, 1.54) is 17.7 Å². The summed E-state index contributed by atoms with van der Waals surface area (Å²) in [6.45, 7) is 0.802. The first-order chi connectivity index (χ1) is 9.25. The molecular weight excluding hydrogens is 261 g/mol. The summed E-state index contributed by atoms with van der Waals surface area (Å²) < 4.78 is 13.0. The van der Waals surface area contributed by atoms with E-state index in [-0.39, 0.29) is 5.82 Å².